The van der Waals surface area contributed by atoms with Crippen LogP contribution in [0.3, 0.4) is 0 Å². The van der Waals surface area contributed by atoms with Crippen molar-refractivity contribution in [3.05, 3.63) is 24.0 Å². The van der Waals surface area contributed by atoms with Crippen molar-refractivity contribution in [2.45, 2.75) is 0 Å². The van der Waals surface area contributed by atoms with Gasteiger partial charge in [0.25, 0.3) is 0 Å². The van der Waals surface area contributed by atoms with Crippen LogP contribution in [0.4, 0.5) is 0 Å². The molecule has 0 bridgehead atoms. The molecule has 0 unspecified atom stereocenters. The van der Waals surface area contributed by atoms with Gasteiger partial charge in [-0.05, 0) is 18.2 Å². The topological polar surface area (TPSA) is 4.93 Å². The van der Waals surface area contributed by atoms with Gasteiger partial charge in [0.15, 0.2) is 0 Å². The summed E-state index contributed by atoms with van der Waals surface area (Å²) in [5.74, 6) is 0. The second kappa shape index (κ2) is 0.808. The molecule has 0 aliphatic carbocycles. The molecule has 0 fully saturated rings. The Bertz CT molecular complexity index is 187. The second-order valence-electron chi connectivity index (χ2n) is 1.66. The lowest BCUT2D eigenvalue weighted by molar-refractivity contribution is 1.11. The minimum absolute atomic E-state index is 1.31. The van der Waals surface area contributed by atoms with Gasteiger partial charge in [-0.2, -0.15) is 0 Å². The van der Waals surface area contributed by atoms with Crippen LogP contribution in [0, 0.1) is 0 Å². The first-order valence-electron chi connectivity index (χ1n) is 2.32. The normalized spacial score (nSPS) is 13.1. The smallest absolute Gasteiger partial charge is 0.0464 e. The van der Waals surface area contributed by atoms with Crippen LogP contribution in [-0.4, -0.2) is 4.57 Å². The summed E-state index contributed by atoms with van der Waals surface area (Å²) in [7, 11) is 0. The highest BCUT2D eigenvalue weighted by Crippen LogP contribution is 2.13. The highest BCUT2D eigenvalue weighted by molar-refractivity contribution is 5.69. The van der Waals surface area contributed by atoms with Gasteiger partial charge in [0.2, 0.25) is 0 Å². The van der Waals surface area contributed by atoms with E-state index in [0.717, 1.165) is 0 Å². The zero-order chi connectivity index (χ0) is 4.69. The predicted octanol–water partition coefficient (Wildman–Crippen LogP) is 1.43. The van der Waals surface area contributed by atoms with Crippen molar-refractivity contribution in [3.8, 4) is 0 Å². The number of nitrogens with zero attached hydrogens (tertiary/aromatic N) is 1. The van der Waals surface area contributed by atoms with E-state index in [0.29, 0.717) is 0 Å². The van der Waals surface area contributed by atoms with Crippen LogP contribution in [0.25, 0.3) is 12.3 Å². The van der Waals surface area contributed by atoms with E-state index in [2.05, 4.69) is 16.7 Å². The van der Waals surface area contributed by atoms with E-state index in [-0.39, 0.29) is 0 Å². The van der Waals surface area contributed by atoms with Crippen LogP contribution < -0.4 is 0 Å². The van der Waals surface area contributed by atoms with Gasteiger partial charge in [-0.3, -0.25) is 0 Å². The highest BCUT2D eigenvalue weighted by Gasteiger charge is 1.98. The number of rotatable bonds is 0. The summed E-state index contributed by atoms with van der Waals surface area (Å²) < 4.78 is 2.08. The molecule has 1 aliphatic rings. The molecule has 1 aromatic rings. The Hall–Kier alpha value is -0.980. The van der Waals surface area contributed by atoms with Gasteiger partial charge >= 0.3 is 0 Å². The highest BCUT2D eigenvalue weighted by atomic mass is 15.0. The zero-order valence-electron chi connectivity index (χ0n) is 3.83. The third-order valence-corrected chi connectivity index (χ3v) is 1.22. The Kier molecular flexibility index (Phi) is 0.355. The molecule has 34 valence electrons. The molecule has 1 aromatic heterocycles. The van der Waals surface area contributed by atoms with Crippen LogP contribution in [0.2, 0.25) is 0 Å². The van der Waals surface area contributed by atoms with Crippen molar-refractivity contribution >= 4 is 12.3 Å². The third-order valence-electron chi connectivity index (χ3n) is 1.22. The summed E-state index contributed by atoms with van der Waals surface area (Å²) in [6.45, 7) is 0. The quantitative estimate of drug-likeness (QED) is 0.462. The van der Waals surface area contributed by atoms with Gasteiger partial charge in [-0.25, -0.2) is 0 Å². The van der Waals surface area contributed by atoms with Gasteiger partial charge in [-0.1, -0.05) is 0 Å². The fourth-order valence-electron chi connectivity index (χ4n) is 0.758. The molecule has 0 atom stereocenters. The summed E-state index contributed by atoms with van der Waals surface area (Å²) in [5, 5.41) is 0. The lowest BCUT2D eigenvalue weighted by Gasteiger charge is -2.05. The Labute approximate surface area is 41.9 Å². The Morgan fingerprint density at radius 1 is 1.43 bits per heavy atom. The minimum atomic E-state index is 1.31. The van der Waals surface area contributed by atoms with Crippen molar-refractivity contribution in [2.24, 2.45) is 0 Å². The Balaban J connectivity index is 2.79. The lowest BCUT2D eigenvalue weighted by atomic mass is 10.3. The minimum Gasteiger partial charge on any atom is -0.324 e. The van der Waals surface area contributed by atoms with Crippen molar-refractivity contribution in [2.75, 3.05) is 0 Å². The molecule has 0 spiro atoms. The third kappa shape index (κ3) is 0.233. The van der Waals surface area contributed by atoms with E-state index in [1.807, 2.05) is 18.5 Å². The van der Waals surface area contributed by atoms with Gasteiger partial charge in [0.1, 0.15) is 0 Å². The summed E-state index contributed by atoms with van der Waals surface area (Å²) >= 11 is 0. The van der Waals surface area contributed by atoms with Crippen molar-refractivity contribution in [1.29, 1.82) is 0 Å². The first-order chi connectivity index (χ1) is 3.47. The first-order valence-corrected chi connectivity index (χ1v) is 2.32. The zero-order valence-corrected chi connectivity index (χ0v) is 3.83. The fraction of sp³-hybridized carbons (Fsp3) is 0. The molecule has 1 aliphatic heterocycles. The molecule has 0 amide bonds. The Morgan fingerprint density at radius 2 is 2.43 bits per heavy atom. The maximum Gasteiger partial charge on any atom is 0.0464 e. The monoisotopic (exact) mass is 91.0 g/mol. The summed E-state index contributed by atoms with van der Waals surface area (Å²) in [4.78, 5) is 0. The van der Waals surface area contributed by atoms with E-state index in [1.54, 1.807) is 0 Å². The SMILES string of the molecule is C1=Cn2cccc21. The van der Waals surface area contributed by atoms with Crippen LogP contribution in [0.5, 0.6) is 0 Å². The van der Waals surface area contributed by atoms with Crippen LogP contribution >= 0.6 is 0 Å². The van der Waals surface area contributed by atoms with E-state index in [9.17, 15) is 0 Å². The first kappa shape index (κ1) is 3.08. The number of fused-ring (bicyclic) bond motifs is 1. The fourth-order valence-corrected chi connectivity index (χ4v) is 0.758. The predicted molar refractivity (Wildman–Crippen MR) is 29.7 cm³/mol. The lowest BCUT2D eigenvalue weighted by Crippen LogP contribution is -1.93. The largest absolute Gasteiger partial charge is 0.324 e. The number of hydrogen-bond acceptors (Lipinski definition) is 0. The molecule has 1 heteroatoms. The van der Waals surface area contributed by atoms with E-state index >= 15 is 0 Å². The summed E-state index contributed by atoms with van der Waals surface area (Å²) in [6, 6.07) is 4.12. The number of aromatic nitrogens is 1. The van der Waals surface area contributed by atoms with Gasteiger partial charge in [0.05, 0.1) is 0 Å². The van der Waals surface area contributed by atoms with Gasteiger partial charge in [-0.15, -0.1) is 0 Å². The Morgan fingerprint density at radius 3 is 2.71 bits per heavy atom. The van der Waals surface area contributed by atoms with Crippen LogP contribution in [0.15, 0.2) is 18.3 Å². The van der Waals surface area contributed by atoms with E-state index in [1.165, 1.54) is 5.69 Å². The van der Waals surface area contributed by atoms with Gasteiger partial charge < -0.3 is 4.57 Å². The standard InChI is InChI=1S/C6H5N/c1-2-6-3-5-7(6)4-1/h1-5H. The molecular formula is C6H5N. The number of hydrogen-bond donors (Lipinski definition) is 0. The average Bonchev–Trinajstić information content (AvgIpc) is 1.85. The molecule has 2 rings (SSSR count). The summed E-state index contributed by atoms with van der Waals surface area (Å²) in [5.41, 5.74) is 1.31. The molecule has 0 saturated carbocycles. The molecule has 0 aromatic carbocycles. The van der Waals surface area contributed by atoms with Crippen molar-refractivity contribution in [3.63, 3.8) is 0 Å². The summed E-state index contributed by atoms with van der Waals surface area (Å²) in [6.07, 6.45) is 6.16. The van der Waals surface area contributed by atoms with Gasteiger partial charge in [0, 0.05) is 18.1 Å². The molecular weight excluding hydrogens is 86.1 g/mol. The molecule has 0 N–H and O–H groups in total. The molecule has 2 heterocycles. The molecule has 7 heavy (non-hydrogen) atoms. The van der Waals surface area contributed by atoms with Crippen molar-refractivity contribution in [1.82, 2.24) is 4.57 Å². The maximum absolute atomic E-state index is 2.08. The molecule has 1 nitrogen and oxygen atoms in total. The van der Waals surface area contributed by atoms with Crippen LogP contribution in [-0.2, 0) is 0 Å². The molecule has 0 radical (unpaired) electrons. The molecule has 0 saturated heterocycles. The van der Waals surface area contributed by atoms with E-state index in [4.69, 9.17) is 0 Å². The maximum atomic E-state index is 2.08. The van der Waals surface area contributed by atoms with E-state index < -0.39 is 0 Å². The van der Waals surface area contributed by atoms with Crippen molar-refractivity contribution < 1.29 is 0 Å². The second-order valence-corrected chi connectivity index (χ2v) is 1.66. The average molecular weight is 91.1 g/mol. The van der Waals surface area contributed by atoms with Crippen LogP contribution in [0.1, 0.15) is 5.69 Å².